The van der Waals surface area contributed by atoms with Gasteiger partial charge in [0, 0.05) is 64.4 Å². The van der Waals surface area contributed by atoms with Gasteiger partial charge in [0.2, 0.25) is 0 Å². The summed E-state index contributed by atoms with van der Waals surface area (Å²) in [6, 6.07) is 14.5. The van der Waals surface area contributed by atoms with Crippen molar-refractivity contribution in [2.24, 2.45) is 5.92 Å². The Balaban J connectivity index is 1.50. The van der Waals surface area contributed by atoms with Crippen LogP contribution in [0.3, 0.4) is 0 Å². The van der Waals surface area contributed by atoms with Crippen molar-refractivity contribution in [1.82, 2.24) is 24.8 Å². The van der Waals surface area contributed by atoms with E-state index in [0.29, 0.717) is 45.8 Å². The minimum Gasteiger partial charge on any atom is -0.465 e. The Bertz CT molecular complexity index is 2260. The summed E-state index contributed by atoms with van der Waals surface area (Å²) in [5.74, 6) is -0.257. The Morgan fingerprint density at radius 1 is 1.18 bits per heavy atom. The molecule has 4 fully saturated rings. The molecule has 1 amide bonds. The molecule has 9 nitrogen and oxygen atoms in total. The van der Waals surface area contributed by atoms with Crippen molar-refractivity contribution in [2.75, 3.05) is 6.54 Å². The summed E-state index contributed by atoms with van der Waals surface area (Å²) >= 11 is 13.2. The molecule has 0 radical (unpaired) electrons. The van der Waals surface area contributed by atoms with Crippen LogP contribution in [0.2, 0.25) is 10.0 Å². The molecule has 3 aromatic heterocycles. The molecule has 1 saturated carbocycles. The van der Waals surface area contributed by atoms with E-state index in [9.17, 15) is 20.3 Å². The number of hydrogen-bond donors (Lipinski definition) is 3. The van der Waals surface area contributed by atoms with Crippen LogP contribution in [0.1, 0.15) is 75.5 Å². The number of rotatable bonds is 7. The summed E-state index contributed by atoms with van der Waals surface area (Å²) < 4.78 is 19.8. The van der Waals surface area contributed by atoms with Gasteiger partial charge in [0.05, 0.1) is 45.1 Å². The Labute approximate surface area is 304 Å². The van der Waals surface area contributed by atoms with Crippen molar-refractivity contribution in [1.29, 1.82) is 5.26 Å². The molecule has 2 bridgehead atoms. The predicted octanol–water partition coefficient (Wildman–Crippen LogP) is 8.78. The summed E-state index contributed by atoms with van der Waals surface area (Å²) in [7, 11) is 0. The zero-order chi connectivity index (χ0) is 35.9. The van der Waals surface area contributed by atoms with Gasteiger partial charge in [-0.15, -0.1) is 0 Å². The highest BCUT2D eigenvalue weighted by atomic mass is 35.5. The van der Waals surface area contributed by atoms with Crippen LogP contribution in [-0.2, 0) is 12.0 Å². The van der Waals surface area contributed by atoms with Gasteiger partial charge in [0.15, 0.2) is 5.82 Å². The highest BCUT2D eigenvalue weighted by molar-refractivity contribution is 6.43. The maximum atomic E-state index is 17.5. The highest BCUT2D eigenvalue weighted by Gasteiger charge is 2.50. The Morgan fingerprint density at radius 2 is 1.98 bits per heavy atom. The van der Waals surface area contributed by atoms with E-state index in [1.165, 1.54) is 0 Å². The van der Waals surface area contributed by atoms with Crippen LogP contribution in [0.25, 0.3) is 44.2 Å². The van der Waals surface area contributed by atoms with Gasteiger partial charge >= 0.3 is 6.09 Å². The molecule has 9 rings (SSSR count). The minimum atomic E-state index is -1.17. The van der Waals surface area contributed by atoms with Gasteiger partial charge in [-0.05, 0) is 88.3 Å². The second kappa shape index (κ2) is 12.4. The van der Waals surface area contributed by atoms with Crippen LogP contribution in [0.4, 0.5) is 9.18 Å². The smallest absolute Gasteiger partial charge is 0.408 e. The average Bonchev–Trinajstić information content (AvgIpc) is 3.89. The van der Waals surface area contributed by atoms with Gasteiger partial charge in [-0.2, -0.15) is 5.26 Å². The number of halogens is 3. The van der Waals surface area contributed by atoms with Gasteiger partial charge in [0.1, 0.15) is 11.1 Å². The zero-order valence-electron chi connectivity index (χ0n) is 28.4. The van der Waals surface area contributed by atoms with Crippen molar-refractivity contribution < 1.29 is 19.4 Å². The highest BCUT2D eigenvalue weighted by Crippen LogP contribution is 2.52. The van der Waals surface area contributed by atoms with Crippen LogP contribution in [0.15, 0.2) is 48.7 Å². The summed E-state index contributed by atoms with van der Waals surface area (Å²) in [6.45, 7) is 6.10. The van der Waals surface area contributed by atoms with Crippen LogP contribution >= 0.6 is 23.2 Å². The first kappa shape index (κ1) is 33.9. The molecule has 12 heteroatoms. The summed E-state index contributed by atoms with van der Waals surface area (Å²) in [5, 5.41) is 36.1. The number of fused-ring (bicyclic) bond motifs is 4. The summed E-state index contributed by atoms with van der Waals surface area (Å²) in [4.78, 5) is 23.9. The molecule has 5 aromatic rings. The van der Waals surface area contributed by atoms with E-state index < -0.39 is 23.6 Å². The first-order valence-corrected chi connectivity index (χ1v) is 18.1. The average molecular weight is 728 g/mol. The fourth-order valence-electron chi connectivity index (χ4n) is 8.66. The maximum Gasteiger partial charge on any atom is 0.408 e. The number of amides is 1. The lowest BCUT2D eigenvalue weighted by Crippen LogP contribution is -2.41. The van der Waals surface area contributed by atoms with E-state index in [4.69, 9.17) is 28.2 Å². The monoisotopic (exact) mass is 726 g/mol. The van der Waals surface area contributed by atoms with Crippen molar-refractivity contribution >= 4 is 51.1 Å². The van der Waals surface area contributed by atoms with E-state index in [0.717, 1.165) is 36.0 Å². The molecule has 6 heterocycles. The Hall–Kier alpha value is -4.27. The molecule has 4 aliphatic rings. The first-order chi connectivity index (χ1) is 24.4. The molecule has 1 aliphatic carbocycles. The number of hydrogen-bond acceptors (Lipinski definition) is 6. The fourth-order valence-corrected chi connectivity index (χ4v) is 9.05. The third-order valence-electron chi connectivity index (χ3n) is 11.1. The largest absolute Gasteiger partial charge is 0.465 e. The lowest BCUT2D eigenvalue weighted by molar-refractivity contribution is 0.0739. The lowest BCUT2D eigenvalue weighted by atomic mass is 9.79. The van der Waals surface area contributed by atoms with E-state index in [2.05, 4.69) is 20.9 Å². The van der Waals surface area contributed by atoms with Crippen molar-refractivity contribution in [3.05, 3.63) is 81.5 Å². The SMILES string of the molecule is C[C@@H]1CC[C@H](c2cc3c(-c4ccc(C(C)(C)O)nc4)nc4c(F)c(-c5cccc(Cl)c5Cl)c(CCC#N)cc4c3n2[C@H]2[C@H]3CN[C@@H]2C3)N1C(=O)O. The Morgan fingerprint density at radius 3 is 2.63 bits per heavy atom. The number of nitrogens with one attached hydrogen (secondary N) is 1. The molecular formula is C39H37Cl2FN6O3. The third-order valence-corrected chi connectivity index (χ3v) is 12.0. The number of aryl methyl sites for hydroxylation is 1. The van der Waals surface area contributed by atoms with Crippen LogP contribution < -0.4 is 5.32 Å². The zero-order valence-corrected chi connectivity index (χ0v) is 29.9. The normalized spacial score (nSPS) is 22.9. The molecule has 51 heavy (non-hydrogen) atoms. The number of nitrogens with zero attached hydrogens (tertiary/aromatic N) is 5. The van der Waals surface area contributed by atoms with Gasteiger partial charge in [-0.25, -0.2) is 14.2 Å². The number of carboxylic acid groups (broad SMARTS) is 1. The lowest BCUT2D eigenvalue weighted by Gasteiger charge is -2.39. The van der Waals surface area contributed by atoms with E-state index in [-0.39, 0.29) is 52.1 Å². The number of pyridine rings is 2. The molecule has 2 aromatic carbocycles. The fraction of sp³-hybridized carbons (Fsp3) is 0.385. The molecule has 3 aliphatic heterocycles. The predicted molar refractivity (Wildman–Crippen MR) is 195 cm³/mol. The first-order valence-electron chi connectivity index (χ1n) is 17.3. The molecule has 5 atom stereocenters. The summed E-state index contributed by atoms with van der Waals surface area (Å²) in [5.41, 5.74) is 3.42. The molecule has 3 N–H and O–H groups in total. The summed E-state index contributed by atoms with van der Waals surface area (Å²) in [6.07, 6.45) is 3.47. The van der Waals surface area contributed by atoms with Gasteiger partial charge in [0.25, 0.3) is 0 Å². The number of aliphatic hydroxyl groups is 1. The van der Waals surface area contributed by atoms with Crippen molar-refractivity contribution in [3.8, 4) is 28.5 Å². The van der Waals surface area contributed by atoms with Gasteiger partial charge in [-0.3, -0.25) is 9.88 Å². The van der Waals surface area contributed by atoms with Crippen molar-refractivity contribution in [2.45, 2.75) is 82.6 Å². The molecular weight excluding hydrogens is 690 g/mol. The number of benzene rings is 2. The minimum absolute atomic E-state index is 0.0332. The topological polar surface area (TPSA) is 127 Å². The van der Waals surface area contributed by atoms with Crippen LogP contribution in [-0.4, -0.2) is 54.4 Å². The molecule has 3 saturated heterocycles. The van der Waals surface area contributed by atoms with Crippen molar-refractivity contribution in [3.63, 3.8) is 0 Å². The van der Waals surface area contributed by atoms with Crippen LogP contribution in [0.5, 0.6) is 0 Å². The van der Waals surface area contributed by atoms with E-state index >= 15 is 4.39 Å². The second-order valence-electron chi connectivity index (χ2n) is 14.7. The van der Waals surface area contributed by atoms with Crippen LogP contribution in [0, 0.1) is 23.1 Å². The Kier molecular flexibility index (Phi) is 8.26. The van der Waals surface area contributed by atoms with E-state index in [1.54, 1.807) is 49.2 Å². The molecule has 0 spiro atoms. The van der Waals surface area contributed by atoms with E-state index in [1.807, 2.05) is 25.1 Å². The number of aromatic nitrogens is 3. The third kappa shape index (κ3) is 5.36. The maximum absolute atomic E-state index is 17.5. The quantitative estimate of drug-likeness (QED) is 0.153. The molecule has 262 valence electrons. The second-order valence-corrected chi connectivity index (χ2v) is 15.5. The van der Waals surface area contributed by atoms with Gasteiger partial charge < -0.3 is 20.1 Å². The molecule has 0 unspecified atom stereocenters. The standard InChI is InChI=1S/C39H37Cl2FN6O3/c1-19-9-11-28(47(19)38(49)50)29-16-25-34(21-10-12-30(45-17-21)39(2,3)51)46-35-24(37(25)48(29)36-22-15-27(36)44-18-22)14-20(6-5-13-43)31(33(35)42)23-7-4-8-26(40)32(23)41/h4,7-8,10,12,14,16-17,19,22,27-28,36,44,51H,5-6,9,11,15,18H2,1-3H3,(H,49,50)/t19-,22-,27-,28-,36+/m1/s1. The number of carbonyl (C=O) groups is 1. The number of nitriles is 1. The number of likely N-dealkylation sites (tertiary alicyclic amines) is 1. The van der Waals surface area contributed by atoms with Gasteiger partial charge in [-0.1, -0.05) is 35.3 Å².